The van der Waals surface area contributed by atoms with Crippen LogP contribution < -0.4 is 31.6 Å². The molecule has 2 atom stereocenters. The molecule has 4 aromatic carbocycles. The summed E-state index contributed by atoms with van der Waals surface area (Å²) in [5.41, 5.74) is 8.24. The van der Waals surface area contributed by atoms with Crippen LogP contribution in [-0.4, -0.2) is 126 Å². The molecule has 25 nitrogen and oxygen atoms in total. The van der Waals surface area contributed by atoms with E-state index in [0.29, 0.717) is 69.3 Å². The number of aromatic amines is 1. The lowest BCUT2D eigenvalue weighted by Crippen LogP contribution is -2.42. The van der Waals surface area contributed by atoms with Gasteiger partial charge in [0.1, 0.15) is 24.1 Å². The smallest absolute Gasteiger partial charge is 0.326 e. The number of unbranched alkanes of at least 4 members (excludes halogenated alkanes) is 2. The maximum absolute atomic E-state index is 13.6. The van der Waals surface area contributed by atoms with E-state index in [1.54, 1.807) is 36.4 Å². The fourth-order valence-corrected chi connectivity index (χ4v) is 13.1. The van der Waals surface area contributed by atoms with E-state index in [9.17, 15) is 72.6 Å². The number of carboxylic acids is 1. The summed E-state index contributed by atoms with van der Waals surface area (Å²) in [5.74, 6) is -4.01. The van der Waals surface area contributed by atoms with Crippen LogP contribution in [0.25, 0.3) is 11.2 Å². The van der Waals surface area contributed by atoms with E-state index in [2.05, 4.69) is 30.6 Å². The van der Waals surface area contributed by atoms with Gasteiger partial charge >= 0.3 is 5.97 Å². The summed E-state index contributed by atoms with van der Waals surface area (Å²) in [4.78, 5) is 55.3. The first-order chi connectivity index (χ1) is 44.0. The van der Waals surface area contributed by atoms with Crippen molar-refractivity contribution in [2.24, 2.45) is 0 Å². The number of hydrogen-bond donors (Lipinski definition) is 9. The highest BCUT2D eigenvalue weighted by Crippen LogP contribution is 2.49. The van der Waals surface area contributed by atoms with Crippen molar-refractivity contribution in [2.45, 2.75) is 112 Å². The first-order valence-electron chi connectivity index (χ1n) is 30.2. The molecule has 0 saturated carbocycles. The van der Waals surface area contributed by atoms with Crippen molar-refractivity contribution >= 4 is 93.2 Å². The number of H-pyrrole nitrogens is 1. The van der Waals surface area contributed by atoms with E-state index >= 15 is 0 Å². The Morgan fingerprint density at radius 2 is 1.58 bits per heavy atom. The van der Waals surface area contributed by atoms with Crippen molar-refractivity contribution in [1.29, 1.82) is 0 Å². The summed E-state index contributed by atoms with van der Waals surface area (Å²) in [5, 5.41) is 16.0. The average Bonchev–Trinajstić information content (AvgIpc) is 1.58. The third-order valence-corrected chi connectivity index (χ3v) is 18.7. The van der Waals surface area contributed by atoms with Gasteiger partial charge in [-0.1, -0.05) is 32.0 Å². The topological polar surface area (TPSA) is 392 Å². The molecule has 0 spiro atoms. The van der Waals surface area contributed by atoms with Gasteiger partial charge in [-0.25, -0.2) is 19.0 Å². The lowest BCUT2D eigenvalue weighted by atomic mass is 9.81. The number of carbonyl (C=O) groups excluding carboxylic acids is 1. The van der Waals surface area contributed by atoms with Gasteiger partial charge in [0.05, 0.1) is 50.6 Å². The Bertz CT molecular complexity index is 4660. The lowest BCUT2D eigenvalue weighted by molar-refractivity contribution is -0.438. The number of rotatable bonds is 25. The fraction of sp³-hybridized carbons (Fsp3) is 0.328. The van der Waals surface area contributed by atoms with Crippen LogP contribution in [0.1, 0.15) is 111 Å². The number of allylic oxidation sites excluding steroid dienone is 7. The Morgan fingerprint density at radius 3 is 2.24 bits per heavy atom. The zero-order valence-electron chi connectivity index (χ0n) is 53.1. The number of carboxylic acid groups (broad SMARTS) is 1. The van der Waals surface area contributed by atoms with Crippen molar-refractivity contribution in [3.63, 3.8) is 0 Å². The fourth-order valence-electron chi connectivity index (χ4n) is 11.1. The Kier molecular flexibility index (Phi) is 17.9. The van der Waals surface area contributed by atoms with E-state index in [4.69, 9.17) is 10.5 Å². The number of amides is 1. The number of nitrogens with one attached hydrogen (secondary N) is 3. The SMILES string of the molecule is [2H]c1c([2H])c(OC2=C(C=CC3=[N+](CCCCS(=O)(=O)O)c4ccc(S(=O)(=O)O)cc4C3(C)C)CCCC2=CC=C2N(CCCCS(=O)(=O)O)c3ccc(S(=O)O)cc3C2(C)C)c([2H])c([2H])c1C[C@H](NC(=O)c1ccc(NCc2cnc3nc(N)[nH]c(=O)c3n2)cc1)C(=O)O. The molecule has 10 N–H and O–H groups in total. The van der Waals surface area contributed by atoms with Crippen LogP contribution in [0.3, 0.4) is 0 Å². The molecular weight excluding hydrogens is 1240 g/mol. The Labute approximate surface area is 527 Å². The second-order valence-corrected chi connectivity index (χ2v) is 28.2. The van der Waals surface area contributed by atoms with Crippen LogP contribution in [0.15, 0.2) is 153 Å². The summed E-state index contributed by atoms with van der Waals surface area (Å²) in [7, 11) is -13.3. The maximum Gasteiger partial charge on any atom is 0.326 e. The maximum atomic E-state index is 13.6. The molecule has 0 saturated heterocycles. The van der Waals surface area contributed by atoms with Crippen LogP contribution in [0, 0.1) is 0 Å². The number of nitrogen functional groups attached to an aromatic ring is 1. The first-order valence-corrected chi connectivity index (χ1v) is 34.0. The number of anilines is 3. The number of nitrogens with two attached hydrogens (primary N) is 1. The molecule has 1 aliphatic carbocycles. The van der Waals surface area contributed by atoms with Crippen molar-refractivity contribution in [1.82, 2.24) is 25.3 Å². The van der Waals surface area contributed by atoms with Gasteiger partial charge in [0.25, 0.3) is 41.8 Å². The van der Waals surface area contributed by atoms with E-state index < -0.39 is 124 Å². The van der Waals surface area contributed by atoms with Gasteiger partial charge in [0.2, 0.25) is 11.6 Å². The minimum absolute atomic E-state index is 0.0250. The Morgan fingerprint density at radius 1 is 0.878 bits per heavy atom. The highest BCUT2D eigenvalue weighted by molar-refractivity contribution is 7.86. The minimum atomic E-state index is -4.68. The summed E-state index contributed by atoms with van der Waals surface area (Å²) < 4.78 is 169. The van der Waals surface area contributed by atoms with Crippen molar-refractivity contribution in [3.8, 4) is 5.75 Å². The molecule has 476 valence electrons. The number of aromatic nitrogens is 4. The summed E-state index contributed by atoms with van der Waals surface area (Å²) in [6, 6.07) is 10.2. The highest BCUT2D eigenvalue weighted by atomic mass is 32.2. The molecule has 0 fully saturated rings. The molecule has 4 heterocycles. The summed E-state index contributed by atoms with van der Waals surface area (Å²) in [6.07, 6.45) is 9.44. The number of fused-ring (bicyclic) bond motifs is 3. The monoisotopic (exact) mass is 1310 g/mol. The van der Waals surface area contributed by atoms with Crippen LogP contribution >= 0.6 is 0 Å². The summed E-state index contributed by atoms with van der Waals surface area (Å²) >= 11 is -2.35. The van der Waals surface area contributed by atoms with Crippen LogP contribution in [-0.2, 0) is 70.0 Å². The largest absolute Gasteiger partial charge is 0.480 e. The van der Waals surface area contributed by atoms with Crippen LogP contribution in [0.4, 0.5) is 23.0 Å². The van der Waals surface area contributed by atoms with Crippen molar-refractivity contribution in [2.75, 3.05) is 40.5 Å². The van der Waals surface area contributed by atoms with Gasteiger partial charge in [0.15, 0.2) is 28.0 Å². The second-order valence-electron chi connectivity index (χ2n) is 22.7. The number of benzene rings is 4. The second kappa shape index (κ2) is 26.7. The minimum Gasteiger partial charge on any atom is -0.480 e. The number of aliphatic carboxylic acids is 1. The molecule has 1 amide bonds. The molecule has 29 heteroatoms. The molecule has 9 rings (SSSR count). The molecule has 6 aromatic rings. The zero-order chi connectivity index (χ0) is 68.6. The van der Waals surface area contributed by atoms with Gasteiger partial charge in [-0.2, -0.15) is 34.8 Å². The normalized spacial score (nSPS) is 17.9. The van der Waals surface area contributed by atoms with Gasteiger partial charge in [0, 0.05) is 65.1 Å². The van der Waals surface area contributed by atoms with Gasteiger partial charge < -0.3 is 35.7 Å². The van der Waals surface area contributed by atoms with Gasteiger partial charge in [-0.05, 0) is 153 Å². The van der Waals surface area contributed by atoms with E-state index in [1.807, 2.05) is 37.2 Å². The van der Waals surface area contributed by atoms with Crippen LogP contribution in [0.2, 0.25) is 0 Å². The standard InChI is InChI=1S/C61H67N9O16S4/c1-60(2)46-33-44(87(75)76)22-24-49(46)69(28-5-7-30-88(77,78)79)51(60)26-16-38-10-9-11-39(17-27-52-61(3,4)47-34-45(90(83,84)85)23-25-50(47)70(52)29-6-8-31-89(80,81)82)54(38)86-43-20-12-37(13-21-43)32-48(58(73)74)66-56(71)40-14-18-41(19-15-40)63-35-42-36-64-55-53(65-42)57(72)68-59(62)67-55/h12-27,33-34,36,48H,5-11,28-32,35H2,1-4H3,(H9-,62,63,64,66,67,68,71,72,73,74,75,76,77,78,79,80,81,82,83,84,85)/p+1/t48-/m0/s1/i12D,13D,20D,21D. The zero-order valence-corrected chi connectivity index (χ0v) is 52.4. The van der Waals surface area contributed by atoms with E-state index in [0.717, 1.165) is 0 Å². The quantitative estimate of drug-likeness (QED) is 0.0115. The molecule has 2 aromatic heterocycles. The third kappa shape index (κ3) is 15.6. The average molecular weight is 1320 g/mol. The summed E-state index contributed by atoms with van der Waals surface area (Å²) in [6.45, 7) is 7.93. The van der Waals surface area contributed by atoms with E-state index in [1.165, 1.54) is 54.7 Å². The predicted molar refractivity (Wildman–Crippen MR) is 338 cm³/mol. The number of nitrogens with zero attached hydrogens (tertiary/aromatic N) is 5. The van der Waals surface area contributed by atoms with Gasteiger partial charge in [-0.15, -0.1) is 0 Å². The predicted octanol–water partition coefficient (Wildman–Crippen LogP) is 7.55. The number of ether oxygens (including phenoxy) is 1. The molecule has 1 unspecified atom stereocenters. The van der Waals surface area contributed by atoms with Gasteiger partial charge in [-0.3, -0.25) is 28.2 Å². The first kappa shape index (κ1) is 60.6. The number of carbonyl (C=O) groups is 2. The Balaban J connectivity index is 1.08. The van der Waals surface area contributed by atoms with Crippen molar-refractivity contribution < 1.29 is 77.2 Å². The highest BCUT2D eigenvalue weighted by Gasteiger charge is 2.45. The van der Waals surface area contributed by atoms with Crippen LogP contribution in [0.5, 0.6) is 5.75 Å². The van der Waals surface area contributed by atoms with E-state index in [-0.39, 0.29) is 95.5 Å². The number of hydrogen-bond acceptors (Lipinski definition) is 17. The molecule has 3 aliphatic rings. The molecule has 90 heavy (non-hydrogen) atoms. The molecular formula is C61H68N9O16S4+. The Hall–Kier alpha value is -8.29. The third-order valence-electron chi connectivity index (χ3n) is 15.6. The van der Waals surface area contributed by atoms with Crippen molar-refractivity contribution in [3.05, 3.63) is 176 Å². The lowest BCUT2D eigenvalue weighted by Gasteiger charge is -2.27. The molecule has 0 radical (unpaired) electrons. The molecule has 0 bridgehead atoms. The molecule has 2 aliphatic heterocycles.